The summed E-state index contributed by atoms with van der Waals surface area (Å²) in [5.74, 6) is -0.595. The first-order chi connectivity index (χ1) is 15.0. The minimum absolute atomic E-state index is 0.0583. The van der Waals surface area contributed by atoms with E-state index in [-0.39, 0.29) is 17.4 Å². The predicted octanol–water partition coefficient (Wildman–Crippen LogP) is 2.34. The molecule has 0 N–H and O–H groups in total. The molecule has 0 unspecified atom stereocenters. The average molecular weight is 422 g/mol. The normalized spacial score (nSPS) is 14.5. The van der Waals surface area contributed by atoms with E-state index >= 15 is 0 Å². The van der Waals surface area contributed by atoms with Gasteiger partial charge in [-0.05, 0) is 29.8 Å². The first-order valence-corrected chi connectivity index (χ1v) is 10.0. The van der Waals surface area contributed by atoms with E-state index in [4.69, 9.17) is 4.74 Å². The lowest BCUT2D eigenvalue weighted by molar-refractivity contribution is 0.0617. The van der Waals surface area contributed by atoms with Crippen molar-refractivity contribution in [3.63, 3.8) is 0 Å². The molecule has 1 fully saturated rings. The van der Waals surface area contributed by atoms with Crippen LogP contribution >= 0.6 is 0 Å². The highest BCUT2D eigenvalue weighted by Gasteiger charge is 2.27. The standard InChI is InChI=1S/C23H23FN4O3/c1-31-20-15-21(29)28(19-9-7-18(24)8-10-19)25-22(20)23(30)27-13-11-26(12-14-27)16-17-5-3-2-4-6-17/h2-10,15H,11-14,16H2,1H3. The number of rotatable bonds is 5. The van der Waals surface area contributed by atoms with Gasteiger partial charge >= 0.3 is 0 Å². The molecule has 3 aromatic rings. The lowest BCUT2D eigenvalue weighted by atomic mass is 10.2. The minimum atomic E-state index is -0.465. The van der Waals surface area contributed by atoms with Crippen LogP contribution < -0.4 is 10.3 Å². The van der Waals surface area contributed by atoms with Crippen LogP contribution in [0.5, 0.6) is 5.75 Å². The molecule has 0 bridgehead atoms. The summed E-state index contributed by atoms with van der Waals surface area (Å²) in [6.45, 7) is 3.40. The summed E-state index contributed by atoms with van der Waals surface area (Å²) in [4.78, 5) is 29.6. The minimum Gasteiger partial charge on any atom is -0.494 e. The zero-order valence-corrected chi connectivity index (χ0v) is 17.2. The van der Waals surface area contributed by atoms with E-state index in [0.717, 1.165) is 24.3 Å². The van der Waals surface area contributed by atoms with Gasteiger partial charge in [0.1, 0.15) is 5.82 Å². The molecule has 8 heteroatoms. The number of aromatic nitrogens is 2. The van der Waals surface area contributed by atoms with Crippen LogP contribution in [0, 0.1) is 5.82 Å². The van der Waals surface area contributed by atoms with E-state index in [9.17, 15) is 14.0 Å². The van der Waals surface area contributed by atoms with E-state index in [0.29, 0.717) is 18.8 Å². The third-order valence-corrected chi connectivity index (χ3v) is 5.30. The molecular weight excluding hydrogens is 399 g/mol. The number of amides is 1. The molecule has 7 nitrogen and oxygen atoms in total. The third kappa shape index (κ3) is 4.64. The van der Waals surface area contributed by atoms with Crippen molar-refractivity contribution in [1.29, 1.82) is 0 Å². The number of piperazine rings is 1. The summed E-state index contributed by atoms with van der Waals surface area (Å²) < 4.78 is 19.6. The second kappa shape index (κ2) is 9.09. The highest BCUT2D eigenvalue weighted by atomic mass is 19.1. The molecule has 4 rings (SSSR count). The average Bonchev–Trinajstić information content (AvgIpc) is 2.80. The monoisotopic (exact) mass is 422 g/mol. The van der Waals surface area contributed by atoms with Gasteiger partial charge in [0.15, 0.2) is 11.4 Å². The Balaban J connectivity index is 1.52. The lowest BCUT2D eigenvalue weighted by Gasteiger charge is -2.34. The number of hydrogen-bond acceptors (Lipinski definition) is 5. The summed E-state index contributed by atoms with van der Waals surface area (Å²) in [5, 5.41) is 4.26. The van der Waals surface area contributed by atoms with Crippen molar-refractivity contribution in [2.75, 3.05) is 33.3 Å². The zero-order valence-electron chi connectivity index (χ0n) is 17.2. The van der Waals surface area contributed by atoms with Crippen molar-refractivity contribution in [2.45, 2.75) is 6.54 Å². The smallest absolute Gasteiger partial charge is 0.278 e. The maximum atomic E-state index is 13.2. The Morgan fingerprint density at radius 2 is 1.71 bits per heavy atom. The van der Waals surface area contributed by atoms with Gasteiger partial charge in [-0.3, -0.25) is 14.5 Å². The molecule has 0 radical (unpaired) electrons. The number of ether oxygens (including phenoxy) is 1. The van der Waals surface area contributed by atoms with Crippen molar-refractivity contribution >= 4 is 5.91 Å². The maximum Gasteiger partial charge on any atom is 0.278 e. The van der Waals surface area contributed by atoms with E-state index in [2.05, 4.69) is 22.1 Å². The molecule has 1 aliphatic rings. The van der Waals surface area contributed by atoms with Crippen molar-refractivity contribution in [3.05, 3.63) is 88.1 Å². The van der Waals surface area contributed by atoms with E-state index < -0.39 is 11.4 Å². The Bertz CT molecular complexity index is 1110. The Morgan fingerprint density at radius 1 is 1.03 bits per heavy atom. The highest BCUT2D eigenvalue weighted by molar-refractivity contribution is 5.94. The predicted molar refractivity (Wildman–Crippen MR) is 114 cm³/mol. The summed E-state index contributed by atoms with van der Waals surface area (Å²) in [7, 11) is 1.40. The Hall–Kier alpha value is -3.52. The van der Waals surface area contributed by atoms with Gasteiger partial charge in [-0.2, -0.15) is 9.78 Å². The van der Waals surface area contributed by atoms with E-state index in [1.54, 1.807) is 4.90 Å². The lowest BCUT2D eigenvalue weighted by Crippen LogP contribution is -2.48. The Morgan fingerprint density at radius 3 is 2.35 bits per heavy atom. The topological polar surface area (TPSA) is 67.7 Å². The molecular formula is C23H23FN4O3. The molecule has 0 spiro atoms. The Labute approximate surface area is 179 Å². The van der Waals surface area contributed by atoms with Crippen molar-refractivity contribution in [1.82, 2.24) is 19.6 Å². The SMILES string of the molecule is COc1cc(=O)n(-c2ccc(F)cc2)nc1C(=O)N1CCN(Cc2ccccc2)CC1. The third-order valence-electron chi connectivity index (χ3n) is 5.30. The second-order valence-corrected chi connectivity index (χ2v) is 7.34. The fraction of sp³-hybridized carbons (Fsp3) is 0.261. The van der Waals surface area contributed by atoms with Crippen LogP contribution in [-0.2, 0) is 6.54 Å². The van der Waals surface area contributed by atoms with Gasteiger partial charge in [-0.25, -0.2) is 4.39 Å². The van der Waals surface area contributed by atoms with Crippen LogP contribution in [-0.4, -0.2) is 58.8 Å². The maximum absolute atomic E-state index is 13.2. The number of benzene rings is 2. The largest absolute Gasteiger partial charge is 0.494 e. The second-order valence-electron chi connectivity index (χ2n) is 7.34. The molecule has 0 atom stereocenters. The number of hydrogen-bond donors (Lipinski definition) is 0. The summed E-state index contributed by atoms with van der Waals surface area (Å²) in [5.41, 5.74) is 1.20. The fourth-order valence-electron chi connectivity index (χ4n) is 3.61. The highest BCUT2D eigenvalue weighted by Crippen LogP contribution is 2.18. The number of carbonyl (C=O) groups is 1. The summed E-state index contributed by atoms with van der Waals surface area (Å²) in [6.07, 6.45) is 0. The van der Waals surface area contributed by atoms with Crippen LogP contribution in [0.3, 0.4) is 0 Å². The number of nitrogens with zero attached hydrogens (tertiary/aromatic N) is 4. The van der Waals surface area contributed by atoms with Crippen LogP contribution in [0.15, 0.2) is 65.5 Å². The van der Waals surface area contributed by atoms with Crippen molar-refractivity contribution in [2.24, 2.45) is 0 Å². The number of carbonyl (C=O) groups excluding carboxylic acids is 1. The van der Waals surface area contributed by atoms with E-state index in [1.807, 2.05) is 18.2 Å². The van der Waals surface area contributed by atoms with Gasteiger partial charge in [-0.1, -0.05) is 30.3 Å². The molecule has 160 valence electrons. The van der Waals surface area contributed by atoms with Crippen molar-refractivity contribution in [3.8, 4) is 11.4 Å². The van der Waals surface area contributed by atoms with Crippen LogP contribution in [0.25, 0.3) is 5.69 Å². The van der Waals surface area contributed by atoms with Gasteiger partial charge in [-0.15, -0.1) is 0 Å². The molecule has 0 saturated carbocycles. The molecule has 1 aliphatic heterocycles. The molecule has 2 aromatic carbocycles. The first kappa shape index (κ1) is 20.7. The molecule has 2 heterocycles. The number of methoxy groups -OCH3 is 1. The van der Waals surface area contributed by atoms with Crippen LogP contribution in [0.1, 0.15) is 16.1 Å². The van der Waals surface area contributed by atoms with Gasteiger partial charge in [0.05, 0.1) is 18.9 Å². The van der Waals surface area contributed by atoms with E-state index in [1.165, 1.54) is 43.0 Å². The molecule has 1 saturated heterocycles. The van der Waals surface area contributed by atoms with Gasteiger partial charge in [0, 0.05) is 32.7 Å². The van der Waals surface area contributed by atoms with Crippen LogP contribution in [0.2, 0.25) is 0 Å². The van der Waals surface area contributed by atoms with Crippen molar-refractivity contribution < 1.29 is 13.9 Å². The molecule has 0 aliphatic carbocycles. The first-order valence-electron chi connectivity index (χ1n) is 10.0. The quantitative estimate of drug-likeness (QED) is 0.632. The molecule has 31 heavy (non-hydrogen) atoms. The van der Waals surface area contributed by atoms with Gasteiger partial charge in [0.25, 0.3) is 11.5 Å². The molecule has 1 aromatic heterocycles. The Kier molecular flexibility index (Phi) is 6.08. The zero-order chi connectivity index (χ0) is 21.8. The van der Waals surface area contributed by atoms with Gasteiger partial charge in [0.2, 0.25) is 0 Å². The fourth-order valence-corrected chi connectivity index (χ4v) is 3.61. The summed E-state index contributed by atoms with van der Waals surface area (Å²) in [6, 6.07) is 16.8. The van der Waals surface area contributed by atoms with Crippen LogP contribution in [0.4, 0.5) is 4.39 Å². The van der Waals surface area contributed by atoms with Gasteiger partial charge < -0.3 is 9.64 Å². The molecule has 1 amide bonds. The number of halogens is 1. The summed E-state index contributed by atoms with van der Waals surface area (Å²) >= 11 is 0.